The van der Waals surface area contributed by atoms with Crippen LogP contribution in [-0.4, -0.2) is 4.57 Å². The van der Waals surface area contributed by atoms with Crippen molar-refractivity contribution in [2.75, 3.05) is 9.80 Å². The van der Waals surface area contributed by atoms with Gasteiger partial charge in [-0.25, -0.2) is 0 Å². The van der Waals surface area contributed by atoms with Gasteiger partial charge in [0.1, 0.15) is 0 Å². The lowest BCUT2D eigenvalue weighted by Crippen LogP contribution is -2.09. The topological polar surface area (TPSA) is 11.4 Å². The number of para-hydroxylation sites is 4. The Morgan fingerprint density at radius 3 is 0.899 bits per heavy atom. The zero-order chi connectivity index (χ0) is 45.9. The first-order valence-electron chi connectivity index (χ1n) is 23.6. The zero-order valence-corrected chi connectivity index (χ0v) is 38.0. The minimum Gasteiger partial charge on any atom is -0.311 e. The summed E-state index contributed by atoms with van der Waals surface area (Å²) < 4.78 is 2.47. The molecule has 3 nitrogen and oxygen atoms in total. The molecule has 3 heteroatoms. The molecule has 0 fully saturated rings. The number of hydrogen-bond donors (Lipinski definition) is 0. The fraction of sp³-hybridized carbons (Fsp3) is 0. The molecule has 0 aliphatic rings. The Morgan fingerprint density at radius 2 is 0.507 bits per heavy atom. The summed E-state index contributed by atoms with van der Waals surface area (Å²) in [6.07, 6.45) is 0. The molecule has 0 radical (unpaired) electrons. The van der Waals surface area contributed by atoms with Gasteiger partial charge in [-0.1, -0.05) is 176 Å². The molecule has 0 saturated heterocycles. The molecule has 1 heterocycles. The van der Waals surface area contributed by atoms with Gasteiger partial charge in [-0.15, -0.1) is 0 Å². The third-order valence-corrected chi connectivity index (χ3v) is 13.2. The Balaban J connectivity index is 1.00. The zero-order valence-electron chi connectivity index (χ0n) is 38.0. The van der Waals surface area contributed by atoms with E-state index in [1.165, 1.54) is 44.2 Å². The molecule has 326 valence electrons. The first-order valence-corrected chi connectivity index (χ1v) is 23.6. The molecule has 0 aliphatic heterocycles. The minimum atomic E-state index is 1.10. The Bertz CT molecular complexity index is 3400. The van der Waals surface area contributed by atoms with Crippen molar-refractivity contribution in [2.45, 2.75) is 0 Å². The van der Waals surface area contributed by atoms with Gasteiger partial charge in [0.2, 0.25) is 0 Å². The van der Waals surface area contributed by atoms with Crippen LogP contribution in [0.4, 0.5) is 34.1 Å². The summed E-state index contributed by atoms with van der Waals surface area (Å²) in [6.45, 7) is 0. The van der Waals surface area contributed by atoms with E-state index >= 15 is 0 Å². The number of aromatic nitrogens is 1. The van der Waals surface area contributed by atoms with Crippen LogP contribution in [0.2, 0.25) is 0 Å². The molecular weight excluding hydrogens is 835 g/mol. The number of hydrogen-bond acceptors (Lipinski definition) is 2. The largest absolute Gasteiger partial charge is 0.311 e. The fourth-order valence-corrected chi connectivity index (χ4v) is 9.84. The predicted octanol–water partition coefficient (Wildman–Crippen LogP) is 18.4. The molecule has 0 aliphatic carbocycles. The van der Waals surface area contributed by atoms with Crippen molar-refractivity contribution in [2.24, 2.45) is 0 Å². The van der Waals surface area contributed by atoms with Gasteiger partial charge in [0.25, 0.3) is 0 Å². The van der Waals surface area contributed by atoms with E-state index in [1.54, 1.807) is 0 Å². The maximum atomic E-state index is 2.47. The van der Waals surface area contributed by atoms with Crippen molar-refractivity contribution in [1.29, 1.82) is 0 Å². The molecule has 69 heavy (non-hydrogen) atoms. The highest BCUT2D eigenvalue weighted by molar-refractivity contribution is 6.12. The van der Waals surface area contributed by atoms with Gasteiger partial charge in [-0.3, -0.25) is 0 Å². The van der Waals surface area contributed by atoms with E-state index in [4.69, 9.17) is 0 Å². The monoisotopic (exact) mass is 881 g/mol. The van der Waals surface area contributed by atoms with E-state index in [1.807, 2.05) is 0 Å². The quantitative estimate of drug-likeness (QED) is 0.128. The maximum Gasteiger partial charge on any atom is 0.0541 e. The molecule has 0 spiro atoms. The van der Waals surface area contributed by atoms with Crippen molar-refractivity contribution >= 4 is 55.9 Å². The first-order chi connectivity index (χ1) is 34.2. The normalized spacial score (nSPS) is 11.2. The molecule has 11 aromatic carbocycles. The SMILES string of the molecule is c1ccc(-c2ccc(-n3c4ccc(-c5ccc(N(c6ccccc6)c6ccccc6)cc5)cc4c4cc(-c5ccc(N(c6ccccc6)c6ccccc6)cc5)ccc43)c(-c3ccccc3)c2)cc1. The van der Waals surface area contributed by atoms with Crippen LogP contribution in [0, 0.1) is 0 Å². The van der Waals surface area contributed by atoms with Crippen LogP contribution in [0.3, 0.4) is 0 Å². The third kappa shape index (κ3) is 8.03. The van der Waals surface area contributed by atoms with E-state index in [0.29, 0.717) is 0 Å². The Morgan fingerprint density at radius 1 is 0.217 bits per heavy atom. The summed E-state index contributed by atoms with van der Waals surface area (Å²) in [5.74, 6) is 0. The predicted molar refractivity (Wildman–Crippen MR) is 292 cm³/mol. The van der Waals surface area contributed by atoms with Crippen molar-refractivity contribution in [3.05, 3.63) is 285 Å². The number of benzene rings is 11. The minimum absolute atomic E-state index is 1.10. The highest BCUT2D eigenvalue weighted by Gasteiger charge is 2.20. The molecule has 0 saturated carbocycles. The highest BCUT2D eigenvalue weighted by atomic mass is 15.1. The second-order valence-electron chi connectivity index (χ2n) is 17.4. The van der Waals surface area contributed by atoms with Gasteiger partial charge < -0.3 is 14.4 Å². The standard InChI is InChI=1S/C66H47N3/c1-7-19-48(20-8-1)52-35-42-64(61(45-52)51-21-9-2-10-22-51)69-65-43-36-53(49-31-38-59(39-32-49)67(55-23-11-3-12-24-55)56-25-13-4-14-26-56)46-62(65)63-47-54(37-44-66(63)69)50-33-40-60(41-34-50)68(57-27-15-5-16-28-57)58-29-17-6-18-30-58/h1-47H. The molecule has 0 N–H and O–H groups in total. The summed E-state index contributed by atoms with van der Waals surface area (Å²) in [6, 6.07) is 103. The van der Waals surface area contributed by atoms with Gasteiger partial charge in [0.15, 0.2) is 0 Å². The number of fused-ring (bicyclic) bond motifs is 3. The van der Waals surface area contributed by atoms with Crippen molar-refractivity contribution in [3.63, 3.8) is 0 Å². The maximum absolute atomic E-state index is 2.47. The second kappa shape index (κ2) is 18.2. The third-order valence-electron chi connectivity index (χ3n) is 13.2. The van der Waals surface area contributed by atoms with Crippen molar-refractivity contribution in [1.82, 2.24) is 4.57 Å². The molecule has 12 aromatic rings. The van der Waals surface area contributed by atoms with Crippen LogP contribution in [0.25, 0.3) is 72.0 Å². The molecule has 0 unspecified atom stereocenters. The first kappa shape index (κ1) is 41.3. The van der Waals surface area contributed by atoms with Gasteiger partial charge in [0, 0.05) is 50.5 Å². The van der Waals surface area contributed by atoms with E-state index in [0.717, 1.165) is 62.0 Å². The highest BCUT2D eigenvalue weighted by Crippen LogP contribution is 2.43. The van der Waals surface area contributed by atoms with E-state index < -0.39 is 0 Å². The average molecular weight is 882 g/mol. The van der Waals surface area contributed by atoms with Crippen molar-refractivity contribution < 1.29 is 0 Å². The van der Waals surface area contributed by atoms with Gasteiger partial charge in [0.05, 0.1) is 16.7 Å². The summed E-state index contributed by atoms with van der Waals surface area (Å²) in [5.41, 5.74) is 19.5. The van der Waals surface area contributed by atoms with Crippen LogP contribution in [0.1, 0.15) is 0 Å². The van der Waals surface area contributed by atoms with Gasteiger partial charge in [-0.2, -0.15) is 0 Å². The van der Waals surface area contributed by atoms with Crippen LogP contribution in [-0.2, 0) is 0 Å². The van der Waals surface area contributed by atoms with Gasteiger partial charge in [-0.05, 0) is 148 Å². The number of anilines is 6. The summed E-state index contributed by atoms with van der Waals surface area (Å²) in [4.78, 5) is 4.62. The van der Waals surface area contributed by atoms with E-state index in [2.05, 4.69) is 299 Å². The number of rotatable bonds is 11. The van der Waals surface area contributed by atoms with Crippen LogP contribution >= 0.6 is 0 Å². The Labute approximate surface area is 403 Å². The lowest BCUT2D eigenvalue weighted by atomic mass is 9.97. The van der Waals surface area contributed by atoms with E-state index in [9.17, 15) is 0 Å². The fourth-order valence-electron chi connectivity index (χ4n) is 9.84. The summed E-state index contributed by atoms with van der Waals surface area (Å²) in [5, 5.41) is 2.40. The molecule has 0 amide bonds. The van der Waals surface area contributed by atoms with E-state index in [-0.39, 0.29) is 0 Å². The summed E-state index contributed by atoms with van der Waals surface area (Å²) in [7, 11) is 0. The van der Waals surface area contributed by atoms with Gasteiger partial charge >= 0.3 is 0 Å². The number of nitrogens with zero attached hydrogens (tertiary/aromatic N) is 3. The molecular formula is C66H47N3. The molecule has 0 bridgehead atoms. The second-order valence-corrected chi connectivity index (χ2v) is 17.4. The van der Waals surface area contributed by atoms with Crippen LogP contribution in [0.5, 0.6) is 0 Å². The smallest absolute Gasteiger partial charge is 0.0541 e. The average Bonchev–Trinajstić information content (AvgIpc) is 3.76. The van der Waals surface area contributed by atoms with Crippen LogP contribution < -0.4 is 9.80 Å². The lowest BCUT2D eigenvalue weighted by molar-refractivity contribution is 1.18. The molecule has 12 rings (SSSR count). The van der Waals surface area contributed by atoms with Crippen LogP contribution in [0.15, 0.2) is 285 Å². The molecule has 1 aromatic heterocycles. The summed E-state index contributed by atoms with van der Waals surface area (Å²) >= 11 is 0. The lowest BCUT2D eigenvalue weighted by Gasteiger charge is -2.25. The van der Waals surface area contributed by atoms with Crippen molar-refractivity contribution in [3.8, 4) is 50.2 Å². The Hall–Kier alpha value is -9.18. The molecule has 0 atom stereocenters. The Kier molecular flexibility index (Phi) is 10.9.